The van der Waals surface area contributed by atoms with E-state index in [0.29, 0.717) is 0 Å². The van der Waals surface area contributed by atoms with Gasteiger partial charge < -0.3 is 0 Å². The molecule has 0 aliphatic carbocycles. The second kappa shape index (κ2) is 3.26. The molecule has 2 aromatic heterocycles. The van der Waals surface area contributed by atoms with Crippen molar-refractivity contribution in [3.05, 3.63) is 35.2 Å². The monoisotopic (exact) mass is 190 g/mol. The highest BCUT2D eigenvalue weighted by Gasteiger charge is 2.04. The van der Waals surface area contributed by atoms with Crippen LogP contribution < -0.4 is 0 Å². The molecular formula is C10H10N2S. The Kier molecular flexibility index (Phi) is 2.10. The van der Waals surface area contributed by atoms with Gasteiger partial charge in [-0.3, -0.25) is 4.98 Å². The first-order valence-electron chi connectivity index (χ1n) is 4.12. The summed E-state index contributed by atoms with van der Waals surface area (Å²) in [5.74, 6) is 0. The summed E-state index contributed by atoms with van der Waals surface area (Å²) >= 11 is 1.70. The fraction of sp³-hybridized carbons (Fsp3) is 0.200. The molecular weight excluding hydrogens is 180 g/mol. The number of aromatic nitrogens is 2. The van der Waals surface area contributed by atoms with Crippen molar-refractivity contribution in [1.29, 1.82) is 0 Å². The standard InChI is InChI=1S/C10H10N2S/c1-7-9(4-3-5-11-7)10-6-12-8(2)13-10/h3-6H,1-2H3. The molecule has 2 heterocycles. The summed E-state index contributed by atoms with van der Waals surface area (Å²) < 4.78 is 0. The Morgan fingerprint density at radius 2 is 2.08 bits per heavy atom. The fourth-order valence-corrected chi connectivity index (χ4v) is 2.09. The van der Waals surface area contributed by atoms with Gasteiger partial charge in [-0.2, -0.15) is 0 Å². The van der Waals surface area contributed by atoms with E-state index in [1.165, 1.54) is 10.4 Å². The molecule has 0 unspecified atom stereocenters. The van der Waals surface area contributed by atoms with E-state index in [9.17, 15) is 0 Å². The number of rotatable bonds is 1. The maximum atomic E-state index is 4.24. The minimum Gasteiger partial charge on any atom is -0.261 e. The van der Waals surface area contributed by atoms with Crippen LogP contribution in [0.5, 0.6) is 0 Å². The SMILES string of the molecule is Cc1ncc(-c2cccnc2C)s1. The van der Waals surface area contributed by atoms with Gasteiger partial charge in [0.15, 0.2) is 0 Å². The van der Waals surface area contributed by atoms with Gasteiger partial charge >= 0.3 is 0 Å². The van der Waals surface area contributed by atoms with Gasteiger partial charge in [0, 0.05) is 23.7 Å². The molecule has 0 amide bonds. The topological polar surface area (TPSA) is 25.8 Å². The first-order valence-corrected chi connectivity index (χ1v) is 4.93. The van der Waals surface area contributed by atoms with Crippen LogP contribution in [0.2, 0.25) is 0 Å². The predicted molar refractivity (Wildman–Crippen MR) is 54.8 cm³/mol. The summed E-state index contributed by atoms with van der Waals surface area (Å²) in [4.78, 5) is 9.67. The molecule has 0 saturated heterocycles. The Morgan fingerprint density at radius 3 is 2.69 bits per heavy atom. The number of aryl methyl sites for hydroxylation is 2. The van der Waals surface area contributed by atoms with E-state index in [-0.39, 0.29) is 0 Å². The first-order chi connectivity index (χ1) is 6.27. The molecule has 3 heteroatoms. The molecule has 0 aliphatic heterocycles. The molecule has 0 atom stereocenters. The van der Waals surface area contributed by atoms with Gasteiger partial charge in [-0.05, 0) is 19.9 Å². The van der Waals surface area contributed by atoms with Crippen molar-refractivity contribution in [1.82, 2.24) is 9.97 Å². The van der Waals surface area contributed by atoms with E-state index in [4.69, 9.17) is 0 Å². The Labute approximate surface area is 81.3 Å². The average Bonchev–Trinajstić information content (AvgIpc) is 2.53. The van der Waals surface area contributed by atoms with E-state index in [1.807, 2.05) is 32.3 Å². The van der Waals surface area contributed by atoms with Crippen molar-refractivity contribution in [3.63, 3.8) is 0 Å². The summed E-state index contributed by atoms with van der Waals surface area (Å²) in [6, 6.07) is 4.03. The van der Waals surface area contributed by atoms with Crippen molar-refractivity contribution < 1.29 is 0 Å². The number of nitrogens with zero attached hydrogens (tertiary/aromatic N) is 2. The zero-order valence-corrected chi connectivity index (χ0v) is 8.43. The van der Waals surface area contributed by atoms with Crippen molar-refractivity contribution in [2.24, 2.45) is 0 Å². The number of pyridine rings is 1. The van der Waals surface area contributed by atoms with Gasteiger partial charge in [-0.25, -0.2) is 4.98 Å². The molecule has 13 heavy (non-hydrogen) atoms. The van der Waals surface area contributed by atoms with E-state index >= 15 is 0 Å². The van der Waals surface area contributed by atoms with Crippen LogP contribution in [0.4, 0.5) is 0 Å². The van der Waals surface area contributed by atoms with Gasteiger partial charge in [-0.15, -0.1) is 11.3 Å². The molecule has 2 nitrogen and oxygen atoms in total. The summed E-state index contributed by atoms with van der Waals surface area (Å²) in [5.41, 5.74) is 2.25. The van der Waals surface area contributed by atoms with Crippen LogP contribution in [0.1, 0.15) is 10.7 Å². The lowest BCUT2D eigenvalue weighted by Gasteiger charge is -1.98. The van der Waals surface area contributed by atoms with E-state index in [1.54, 1.807) is 11.3 Å². The summed E-state index contributed by atoms with van der Waals surface area (Å²) in [6.45, 7) is 4.03. The Balaban J connectivity index is 2.52. The molecule has 0 aliphatic rings. The van der Waals surface area contributed by atoms with Gasteiger partial charge in [0.2, 0.25) is 0 Å². The van der Waals surface area contributed by atoms with E-state index in [0.717, 1.165) is 10.7 Å². The maximum absolute atomic E-state index is 4.24. The molecule has 0 fully saturated rings. The summed E-state index contributed by atoms with van der Waals surface area (Å²) in [7, 11) is 0. The molecule has 0 bridgehead atoms. The lowest BCUT2D eigenvalue weighted by atomic mass is 10.2. The number of hydrogen-bond acceptors (Lipinski definition) is 3. The quantitative estimate of drug-likeness (QED) is 0.691. The van der Waals surface area contributed by atoms with Crippen molar-refractivity contribution in [2.45, 2.75) is 13.8 Å². The van der Waals surface area contributed by atoms with Crippen molar-refractivity contribution >= 4 is 11.3 Å². The molecule has 0 saturated carbocycles. The highest BCUT2D eigenvalue weighted by Crippen LogP contribution is 2.26. The average molecular weight is 190 g/mol. The third kappa shape index (κ3) is 1.60. The highest BCUT2D eigenvalue weighted by atomic mass is 32.1. The summed E-state index contributed by atoms with van der Waals surface area (Å²) in [6.07, 6.45) is 3.72. The van der Waals surface area contributed by atoms with E-state index < -0.39 is 0 Å². The van der Waals surface area contributed by atoms with Crippen LogP contribution >= 0.6 is 11.3 Å². The molecule has 0 spiro atoms. The van der Waals surface area contributed by atoms with E-state index in [2.05, 4.69) is 16.0 Å². The number of thiazole rings is 1. The largest absolute Gasteiger partial charge is 0.261 e. The van der Waals surface area contributed by atoms with Gasteiger partial charge in [0.1, 0.15) is 0 Å². The Hall–Kier alpha value is -1.22. The van der Waals surface area contributed by atoms with Crippen LogP contribution in [0.3, 0.4) is 0 Å². The third-order valence-corrected chi connectivity index (χ3v) is 2.84. The van der Waals surface area contributed by atoms with Crippen LogP contribution in [-0.2, 0) is 0 Å². The minimum absolute atomic E-state index is 1.06. The summed E-state index contributed by atoms with van der Waals surface area (Å²) in [5, 5.41) is 1.10. The third-order valence-electron chi connectivity index (χ3n) is 1.89. The van der Waals surface area contributed by atoms with Crippen molar-refractivity contribution in [3.8, 4) is 10.4 Å². The molecule has 0 radical (unpaired) electrons. The van der Waals surface area contributed by atoms with Crippen LogP contribution in [0, 0.1) is 13.8 Å². The predicted octanol–water partition coefficient (Wildman–Crippen LogP) is 2.82. The zero-order valence-electron chi connectivity index (χ0n) is 7.61. The van der Waals surface area contributed by atoms with Crippen LogP contribution in [0.15, 0.2) is 24.5 Å². The minimum atomic E-state index is 1.06. The van der Waals surface area contributed by atoms with Gasteiger partial charge in [0.25, 0.3) is 0 Å². The fourth-order valence-electron chi connectivity index (χ4n) is 1.23. The molecule has 2 aromatic rings. The lowest BCUT2D eigenvalue weighted by molar-refractivity contribution is 1.20. The molecule has 66 valence electrons. The molecule has 0 aromatic carbocycles. The van der Waals surface area contributed by atoms with Crippen molar-refractivity contribution in [2.75, 3.05) is 0 Å². The second-order valence-corrected chi connectivity index (χ2v) is 4.11. The maximum Gasteiger partial charge on any atom is 0.0900 e. The van der Waals surface area contributed by atoms with Crippen LogP contribution in [0.25, 0.3) is 10.4 Å². The smallest absolute Gasteiger partial charge is 0.0900 e. The molecule has 0 N–H and O–H groups in total. The van der Waals surface area contributed by atoms with Gasteiger partial charge in [0.05, 0.1) is 9.88 Å². The Bertz CT molecular complexity index is 420. The highest BCUT2D eigenvalue weighted by molar-refractivity contribution is 7.15. The lowest BCUT2D eigenvalue weighted by Crippen LogP contribution is -1.82. The van der Waals surface area contributed by atoms with Gasteiger partial charge in [-0.1, -0.05) is 6.07 Å². The molecule has 2 rings (SSSR count). The number of hydrogen-bond donors (Lipinski definition) is 0. The first kappa shape index (κ1) is 8.38. The van der Waals surface area contributed by atoms with Crippen LogP contribution in [-0.4, -0.2) is 9.97 Å². The normalized spacial score (nSPS) is 10.3. The zero-order chi connectivity index (χ0) is 9.26. The Morgan fingerprint density at radius 1 is 1.23 bits per heavy atom. The second-order valence-electron chi connectivity index (χ2n) is 2.88.